The van der Waals surface area contributed by atoms with Gasteiger partial charge >= 0.3 is 6.18 Å². The maximum atomic E-state index is 15.1. The van der Waals surface area contributed by atoms with Crippen LogP contribution in [-0.2, 0) is 16.0 Å². The van der Waals surface area contributed by atoms with E-state index in [0.717, 1.165) is 12.5 Å². The van der Waals surface area contributed by atoms with Crippen LogP contribution >= 0.6 is 0 Å². The second-order valence-corrected chi connectivity index (χ2v) is 12.4. The molecule has 0 radical (unpaired) electrons. The molecule has 1 unspecified atom stereocenters. The molecule has 0 fully saturated rings. The lowest BCUT2D eigenvalue weighted by Crippen LogP contribution is -2.28. The lowest BCUT2D eigenvalue weighted by atomic mass is 9.84. The van der Waals surface area contributed by atoms with Gasteiger partial charge in [-0.25, -0.2) is 32.7 Å². The van der Waals surface area contributed by atoms with Crippen molar-refractivity contribution in [3.8, 4) is 17.3 Å². The number of rotatable bonds is 7. The summed E-state index contributed by atoms with van der Waals surface area (Å²) < 4.78 is 93.1. The quantitative estimate of drug-likeness (QED) is 0.361. The number of ether oxygens (including phenoxy) is 1. The monoisotopic (exact) mass is 621 g/mol. The molecule has 1 atom stereocenters. The van der Waals surface area contributed by atoms with E-state index in [1.807, 2.05) is 0 Å². The smallest absolute Gasteiger partial charge is 0.434 e. The first-order valence-electron chi connectivity index (χ1n) is 13.0. The zero-order valence-corrected chi connectivity index (χ0v) is 24.3. The molecule has 0 saturated carbocycles. The molecule has 2 aliphatic carbocycles. The van der Waals surface area contributed by atoms with E-state index in [1.165, 1.54) is 37.1 Å². The number of oxazole rings is 1. The fourth-order valence-corrected chi connectivity index (χ4v) is 6.41. The van der Waals surface area contributed by atoms with Crippen LogP contribution in [-0.4, -0.2) is 63.2 Å². The van der Waals surface area contributed by atoms with Crippen LogP contribution in [0.5, 0.6) is 5.88 Å². The number of hydrogen-bond donors (Lipinski definition) is 1. The molecule has 3 aromatic heterocycles. The topological polar surface area (TPSA) is 133 Å². The van der Waals surface area contributed by atoms with E-state index in [9.17, 15) is 26.7 Å². The van der Waals surface area contributed by atoms with Gasteiger partial charge in [-0.15, -0.1) is 0 Å². The van der Waals surface area contributed by atoms with Crippen molar-refractivity contribution in [2.75, 3.05) is 20.0 Å². The Morgan fingerprint density at radius 2 is 1.86 bits per heavy atom. The predicted molar refractivity (Wildman–Crippen MR) is 148 cm³/mol. The summed E-state index contributed by atoms with van der Waals surface area (Å²) in [7, 11) is -2.35. The summed E-state index contributed by atoms with van der Waals surface area (Å²) >= 11 is 0. The Kier molecular flexibility index (Phi) is 7.90. The van der Waals surface area contributed by atoms with E-state index in [2.05, 4.69) is 19.9 Å². The first-order valence-corrected chi connectivity index (χ1v) is 15.0. The van der Waals surface area contributed by atoms with Gasteiger partial charge in [-0.2, -0.15) is 13.2 Å². The molecular formula is C28H27F4N5O5S. The number of methoxy groups -OCH3 is 1. The van der Waals surface area contributed by atoms with Crippen LogP contribution in [0.15, 0.2) is 57.7 Å². The number of hydrogen-bond acceptors (Lipinski definition) is 9. The van der Waals surface area contributed by atoms with Crippen molar-refractivity contribution in [2.24, 2.45) is 0 Å². The van der Waals surface area contributed by atoms with Gasteiger partial charge in [0.2, 0.25) is 5.88 Å². The first kappa shape index (κ1) is 30.4. The maximum Gasteiger partial charge on any atom is 0.434 e. The molecule has 3 aromatic rings. The van der Waals surface area contributed by atoms with E-state index >= 15 is 4.39 Å². The van der Waals surface area contributed by atoms with E-state index in [1.54, 1.807) is 13.0 Å². The summed E-state index contributed by atoms with van der Waals surface area (Å²) in [5.74, 6) is -0.0888. The lowest BCUT2D eigenvalue weighted by Gasteiger charge is -2.28. The highest BCUT2D eigenvalue weighted by Gasteiger charge is 2.37. The van der Waals surface area contributed by atoms with Gasteiger partial charge in [-0.1, -0.05) is 0 Å². The van der Waals surface area contributed by atoms with Crippen LogP contribution < -0.4 is 4.74 Å². The van der Waals surface area contributed by atoms with Gasteiger partial charge in [-0.05, 0) is 49.5 Å². The minimum absolute atomic E-state index is 0.0817. The third-order valence-corrected chi connectivity index (χ3v) is 8.77. The fourth-order valence-electron chi connectivity index (χ4n) is 5.22. The molecule has 0 aliphatic heterocycles. The Morgan fingerprint density at radius 1 is 1.12 bits per heavy atom. The minimum atomic E-state index is -4.68. The van der Waals surface area contributed by atoms with Crippen molar-refractivity contribution < 1.29 is 40.2 Å². The number of alkyl halides is 3. The van der Waals surface area contributed by atoms with Crippen molar-refractivity contribution in [1.29, 1.82) is 0 Å². The molecule has 0 aromatic carbocycles. The van der Waals surface area contributed by atoms with Crippen LogP contribution in [0.4, 0.5) is 17.6 Å². The Balaban J connectivity index is 1.73. The Bertz CT molecular complexity index is 1820. The number of aliphatic hydroxyl groups excluding tert-OH is 1. The zero-order valence-electron chi connectivity index (χ0n) is 23.5. The van der Waals surface area contributed by atoms with Crippen molar-refractivity contribution in [3.63, 3.8) is 0 Å². The van der Waals surface area contributed by atoms with Crippen LogP contribution in [0.2, 0.25) is 0 Å². The van der Waals surface area contributed by atoms with Crippen LogP contribution in [0, 0.1) is 13.8 Å². The van der Waals surface area contributed by atoms with Crippen molar-refractivity contribution in [3.05, 3.63) is 76.4 Å². The highest BCUT2D eigenvalue weighted by Crippen LogP contribution is 2.43. The molecule has 2 aliphatic rings. The highest BCUT2D eigenvalue weighted by atomic mass is 32.2. The van der Waals surface area contributed by atoms with E-state index in [-0.39, 0.29) is 59.6 Å². The molecule has 43 heavy (non-hydrogen) atoms. The van der Waals surface area contributed by atoms with Gasteiger partial charge in [0.1, 0.15) is 23.0 Å². The van der Waals surface area contributed by atoms with Gasteiger partial charge < -0.3 is 18.8 Å². The second-order valence-electron chi connectivity index (χ2n) is 10.1. The number of aliphatic hydroxyl groups is 1. The van der Waals surface area contributed by atoms with E-state index < -0.39 is 39.4 Å². The number of aromatic nitrogens is 5. The third kappa shape index (κ3) is 5.91. The van der Waals surface area contributed by atoms with Crippen molar-refractivity contribution in [2.45, 2.75) is 44.5 Å². The third-order valence-electron chi connectivity index (χ3n) is 7.28. The summed E-state index contributed by atoms with van der Waals surface area (Å²) in [6.45, 7) is 2.28. The summed E-state index contributed by atoms with van der Waals surface area (Å²) in [6.07, 6.45) is 3.14. The van der Waals surface area contributed by atoms with Crippen LogP contribution in [0.25, 0.3) is 22.7 Å². The maximum absolute atomic E-state index is 15.1. The summed E-state index contributed by atoms with van der Waals surface area (Å²) in [6, 6.07) is 0. The molecule has 5 rings (SSSR count). The molecular weight excluding hydrogens is 594 g/mol. The normalized spacial score (nSPS) is 18.2. The van der Waals surface area contributed by atoms with E-state index in [4.69, 9.17) is 9.15 Å². The highest BCUT2D eigenvalue weighted by molar-refractivity contribution is 7.91. The van der Waals surface area contributed by atoms with Gasteiger partial charge in [0, 0.05) is 36.2 Å². The molecule has 15 heteroatoms. The molecule has 10 nitrogen and oxygen atoms in total. The predicted octanol–water partition coefficient (Wildman–Crippen LogP) is 5.02. The second kappa shape index (κ2) is 11.2. The van der Waals surface area contributed by atoms with Gasteiger partial charge in [0.15, 0.2) is 27.2 Å². The molecule has 0 amide bonds. The number of nitrogens with zero attached hydrogens (tertiary/aromatic N) is 5. The number of halogens is 4. The van der Waals surface area contributed by atoms with E-state index in [0.29, 0.717) is 22.4 Å². The molecule has 1 N–H and O–H groups in total. The Labute approximate surface area is 244 Å². The molecule has 0 saturated heterocycles. The van der Waals surface area contributed by atoms with Crippen LogP contribution in [0.3, 0.4) is 0 Å². The van der Waals surface area contributed by atoms with Crippen molar-refractivity contribution >= 4 is 21.1 Å². The lowest BCUT2D eigenvalue weighted by molar-refractivity contribution is -0.141. The van der Waals surface area contributed by atoms with Crippen LogP contribution in [0.1, 0.15) is 42.4 Å². The minimum Gasteiger partial charge on any atom is -0.480 e. The Hall–Kier alpha value is -4.11. The van der Waals surface area contributed by atoms with Gasteiger partial charge in [0.25, 0.3) is 0 Å². The fraction of sp³-hybridized carbons (Fsp3) is 0.357. The number of allylic oxidation sites excluding steroid dienone is 7. The largest absolute Gasteiger partial charge is 0.480 e. The average molecular weight is 622 g/mol. The SMILES string of the molecule is COc1cnc(-c2oc(C)nc2C2=C(n3cc(C(F)(F)F)nc3C)CCC(C3=CC(F)=C(CO)C(S(C)(=O)=O)C3)=C2)cn1. The first-order chi connectivity index (χ1) is 20.2. The summed E-state index contributed by atoms with van der Waals surface area (Å²) in [4.78, 5) is 16.7. The number of imidazole rings is 1. The number of sulfone groups is 1. The summed E-state index contributed by atoms with van der Waals surface area (Å²) in [5, 5.41) is 8.40. The standard InChI is InChI=1S/C28H27F4N5O5S/c1-14-35-24(28(30,31)32)12-37(14)22-6-5-16(17-8-20(29)19(13-38)23(9-17)43(4,39)40)7-18(22)26-27(42-15(2)36-26)21-10-34-25(41-3)11-33-21/h7-8,10-12,23,38H,5-6,9,13H2,1-4H3. The molecule has 0 bridgehead atoms. The zero-order chi connectivity index (χ0) is 31.3. The van der Waals surface area contributed by atoms with Gasteiger partial charge in [-0.3, -0.25) is 0 Å². The van der Waals surface area contributed by atoms with Crippen molar-refractivity contribution in [1.82, 2.24) is 24.5 Å². The molecule has 3 heterocycles. The molecule has 0 spiro atoms. The average Bonchev–Trinajstić information content (AvgIpc) is 3.54. The Morgan fingerprint density at radius 3 is 2.44 bits per heavy atom. The summed E-state index contributed by atoms with van der Waals surface area (Å²) in [5.41, 5.74) is 0.940. The molecule has 228 valence electrons. The number of aryl methyl sites for hydroxylation is 2. The van der Waals surface area contributed by atoms with Gasteiger partial charge in [0.05, 0.1) is 31.4 Å².